The van der Waals surface area contributed by atoms with Crippen molar-refractivity contribution >= 4 is 23.3 Å². The van der Waals surface area contributed by atoms with E-state index in [2.05, 4.69) is 5.32 Å². The molecule has 2 heterocycles. The summed E-state index contributed by atoms with van der Waals surface area (Å²) in [6, 6.07) is 9.23. The molecule has 2 atom stereocenters. The first-order valence-electron chi connectivity index (χ1n) is 10.8. The molecule has 2 aliphatic heterocycles. The number of ketones is 1. The molecule has 174 valence electrons. The Hall–Kier alpha value is -3.46. The second kappa shape index (κ2) is 9.99. The molecule has 2 amide bonds. The number of ether oxygens (including phenoxy) is 3. The smallest absolute Gasteiger partial charge is 0.265 e. The molecular weight excluding hydrogens is 431 g/mol. The average Bonchev–Trinajstić information content (AvgIpc) is 3.35. The third-order valence-electron chi connectivity index (χ3n) is 5.64. The van der Waals surface area contributed by atoms with E-state index >= 15 is 0 Å². The quantitative estimate of drug-likeness (QED) is 0.614. The Balaban J connectivity index is 1.46. The van der Waals surface area contributed by atoms with Crippen LogP contribution in [0.5, 0.6) is 11.5 Å². The lowest BCUT2D eigenvalue weighted by Gasteiger charge is -2.33. The fraction of sp³-hybridized carbons (Fsp3) is 0.375. The maximum absolute atomic E-state index is 13.0. The van der Waals surface area contributed by atoms with Gasteiger partial charge in [-0.1, -0.05) is 0 Å². The van der Waals surface area contributed by atoms with Gasteiger partial charge >= 0.3 is 0 Å². The zero-order valence-corrected chi connectivity index (χ0v) is 18.2. The molecule has 0 bridgehead atoms. The highest BCUT2D eigenvalue weighted by atomic mass is 19.1. The van der Waals surface area contributed by atoms with E-state index in [-0.39, 0.29) is 36.9 Å². The third-order valence-corrected chi connectivity index (χ3v) is 5.64. The second-order valence-corrected chi connectivity index (χ2v) is 7.96. The molecule has 0 aliphatic carbocycles. The lowest BCUT2D eigenvalue weighted by Crippen LogP contribution is -2.52. The summed E-state index contributed by atoms with van der Waals surface area (Å²) in [5, 5.41) is 2.84. The fourth-order valence-corrected chi connectivity index (χ4v) is 3.82. The van der Waals surface area contributed by atoms with E-state index in [1.807, 2.05) is 0 Å². The molecule has 0 unspecified atom stereocenters. The highest BCUT2D eigenvalue weighted by Crippen LogP contribution is 2.34. The van der Waals surface area contributed by atoms with Crippen LogP contribution in [-0.4, -0.2) is 56.1 Å². The third kappa shape index (κ3) is 5.31. The first-order valence-corrected chi connectivity index (χ1v) is 10.8. The van der Waals surface area contributed by atoms with Crippen molar-refractivity contribution in [3.63, 3.8) is 0 Å². The molecule has 33 heavy (non-hydrogen) atoms. The number of rotatable bonds is 8. The van der Waals surface area contributed by atoms with E-state index in [0.29, 0.717) is 35.9 Å². The van der Waals surface area contributed by atoms with Crippen LogP contribution in [0.25, 0.3) is 0 Å². The van der Waals surface area contributed by atoms with E-state index < -0.39 is 11.9 Å². The average molecular weight is 456 g/mol. The number of halogens is 1. The number of hydrogen-bond donors (Lipinski definition) is 1. The molecule has 1 fully saturated rings. The minimum absolute atomic E-state index is 0.0147. The van der Waals surface area contributed by atoms with Gasteiger partial charge in [0.25, 0.3) is 5.91 Å². The van der Waals surface area contributed by atoms with Gasteiger partial charge in [0.05, 0.1) is 11.8 Å². The minimum Gasteiger partial charge on any atom is -0.485 e. The molecule has 8 nitrogen and oxygen atoms in total. The van der Waals surface area contributed by atoms with Crippen LogP contribution in [0.1, 0.15) is 30.1 Å². The Morgan fingerprint density at radius 1 is 1.24 bits per heavy atom. The number of nitrogens with zero attached hydrogens (tertiary/aromatic N) is 1. The molecular formula is C24H25FN2O6. The van der Waals surface area contributed by atoms with Gasteiger partial charge in [0.2, 0.25) is 5.91 Å². The van der Waals surface area contributed by atoms with Crippen LogP contribution < -0.4 is 19.7 Å². The van der Waals surface area contributed by atoms with Crippen molar-refractivity contribution in [1.29, 1.82) is 0 Å². The van der Waals surface area contributed by atoms with Gasteiger partial charge in [-0.15, -0.1) is 0 Å². The van der Waals surface area contributed by atoms with Crippen LogP contribution in [0.3, 0.4) is 0 Å². The van der Waals surface area contributed by atoms with Gasteiger partial charge in [0.1, 0.15) is 23.4 Å². The van der Waals surface area contributed by atoms with Crippen molar-refractivity contribution in [3.05, 3.63) is 53.8 Å². The van der Waals surface area contributed by atoms with Gasteiger partial charge in [-0.05, 0) is 62.2 Å². The number of benzene rings is 2. The largest absolute Gasteiger partial charge is 0.485 e. The molecule has 2 aromatic rings. The summed E-state index contributed by atoms with van der Waals surface area (Å²) in [6.07, 6.45) is 1.84. The number of nitrogens with one attached hydrogen (secondary N) is 1. The van der Waals surface area contributed by atoms with Crippen molar-refractivity contribution in [1.82, 2.24) is 5.32 Å². The van der Waals surface area contributed by atoms with E-state index in [1.165, 1.54) is 35.2 Å². The highest BCUT2D eigenvalue weighted by Gasteiger charge is 2.34. The molecule has 9 heteroatoms. The van der Waals surface area contributed by atoms with Crippen molar-refractivity contribution < 1.29 is 33.0 Å². The van der Waals surface area contributed by atoms with Crippen molar-refractivity contribution in [2.24, 2.45) is 0 Å². The summed E-state index contributed by atoms with van der Waals surface area (Å²) in [7, 11) is 0. The lowest BCUT2D eigenvalue weighted by atomic mass is 10.1. The van der Waals surface area contributed by atoms with Crippen molar-refractivity contribution in [2.45, 2.75) is 31.9 Å². The Morgan fingerprint density at radius 2 is 2.03 bits per heavy atom. The van der Waals surface area contributed by atoms with Crippen LogP contribution in [-0.2, 0) is 14.3 Å². The fourth-order valence-electron chi connectivity index (χ4n) is 3.82. The van der Waals surface area contributed by atoms with Gasteiger partial charge in [-0.2, -0.15) is 0 Å². The van der Waals surface area contributed by atoms with Gasteiger partial charge in [-0.3, -0.25) is 19.3 Å². The number of fused-ring (bicyclic) bond motifs is 1. The first-order chi connectivity index (χ1) is 15.9. The van der Waals surface area contributed by atoms with Crippen LogP contribution >= 0.6 is 0 Å². The molecule has 0 spiro atoms. The molecule has 0 aromatic heterocycles. The molecule has 1 N–H and O–H groups in total. The van der Waals surface area contributed by atoms with Gasteiger partial charge in [0.15, 0.2) is 19.0 Å². The first kappa shape index (κ1) is 22.7. The van der Waals surface area contributed by atoms with Crippen LogP contribution in [0.4, 0.5) is 10.1 Å². The Kier molecular flexibility index (Phi) is 6.88. The van der Waals surface area contributed by atoms with Gasteiger partial charge < -0.3 is 19.5 Å². The number of amides is 2. The predicted molar refractivity (Wildman–Crippen MR) is 117 cm³/mol. The number of carbonyl (C=O) groups is 3. The van der Waals surface area contributed by atoms with Crippen molar-refractivity contribution in [3.8, 4) is 11.5 Å². The highest BCUT2D eigenvalue weighted by molar-refractivity contribution is 6.05. The standard InChI is InChI=1S/C24H25FN2O6/c1-15(24(30)26-12-19-3-2-10-31-19)27-20-11-16(4-9-22(20)33-14-23(27)29)21(28)13-32-18-7-5-17(25)6-8-18/h4-9,11,15,19H,2-3,10,12-14H2,1H3,(H,26,30)/t15-,19+/m0/s1. The minimum atomic E-state index is -0.803. The van der Waals surface area contributed by atoms with E-state index in [1.54, 1.807) is 19.1 Å². The number of Topliss-reactive ketones (excluding diaryl/α,β-unsaturated/α-hetero) is 1. The Morgan fingerprint density at radius 3 is 2.76 bits per heavy atom. The normalized spacial score (nSPS) is 18.3. The second-order valence-electron chi connectivity index (χ2n) is 7.96. The zero-order valence-electron chi connectivity index (χ0n) is 18.2. The van der Waals surface area contributed by atoms with E-state index in [4.69, 9.17) is 14.2 Å². The van der Waals surface area contributed by atoms with E-state index in [9.17, 15) is 18.8 Å². The molecule has 0 radical (unpaired) electrons. The molecule has 2 aliphatic rings. The predicted octanol–water partition coefficient (Wildman–Crippen LogP) is 2.50. The van der Waals surface area contributed by atoms with Crippen LogP contribution in [0.15, 0.2) is 42.5 Å². The molecule has 1 saturated heterocycles. The summed E-state index contributed by atoms with van der Waals surface area (Å²) in [5.74, 6) is -0.668. The summed E-state index contributed by atoms with van der Waals surface area (Å²) in [4.78, 5) is 39.4. The molecule has 2 aromatic carbocycles. The maximum Gasteiger partial charge on any atom is 0.265 e. The summed E-state index contributed by atoms with van der Waals surface area (Å²) in [5.41, 5.74) is 0.643. The summed E-state index contributed by atoms with van der Waals surface area (Å²) >= 11 is 0. The zero-order chi connectivity index (χ0) is 23.4. The summed E-state index contributed by atoms with van der Waals surface area (Å²) in [6.45, 7) is 2.23. The molecule has 0 saturated carbocycles. The Bertz CT molecular complexity index is 1040. The van der Waals surface area contributed by atoms with Crippen molar-refractivity contribution in [2.75, 3.05) is 31.3 Å². The number of carbonyl (C=O) groups excluding carboxylic acids is 3. The maximum atomic E-state index is 13.0. The van der Waals surface area contributed by atoms with Crippen LogP contribution in [0, 0.1) is 5.82 Å². The van der Waals surface area contributed by atoms with Gasteiger partial charge in [0, 0.05) is 18.7 Å². The van der Waals surface area contributed by atoms with E-state index in [0.717, 1.165) is 12.8 Å². The lowest BCUT2D eigenvalue weighted by molar-refractivity contribution is -0.127. The van der Waals surface area contributed by atoms with Crippen LogP contribution in [0.2, 0.25) is 0 Å². The van der Waals surface area contributed by atoms with Gasteiger partial charge in [-0.25, -0.2) is 4.39 Å². The number of anilines is 1. The number of hydrogen-bond acceptors (Lipinski definition) is 6. The molecule has 4 rings (SSSR count). The SMILES string of the molecule is C[C@@H](C(=O)NC[C@H]1CCCO1)N1C(=O)COc2ccc(C(=O)COc3ccc(F)cc3)cc21. The topological polar surface area (TPSA) is 94.2 Å². The summed E-state index contributed by atoms with van der Waals surface area (Å²) < 4.78 is 29.5. The monoisotopic (exact) mass is 456 g/mol. The Labute approximate surface area is 190 Å².